The SMILES string of the molecule is CC[C@@H](C)NC(=O)CN(c1ccc(OC)c(Cl)c1)S(=O)(=O)c1ccc(C)cc1. The number of methoxy groups -OCH3 is 1. The fourth-order valence-corrected chi connectivity index (χ4v) is 4.18. The Morgan fingerprint density at radius 2 is 1.86 bits per heavy atom. The lowest BCUT2D eigenvalue weighted by atomic mass is 10.2. The van der Waals surface area contributed by atoms with Crippen molar-refractivity contribution in [2.45, 2.75) is 38.1 Å². The van der Waals surface area contributed by atoms with Crippen molar-refractivity contribution in [2.24, 2.45) is 0 Å². The van der Waals surface area contributed by atoms with Crippen molar-refractivity contribution in [3.05, 3.63) is 53.1 Å². The average Bonchev–Trinajstić information content (AvgIpc) is 2.66. The molecule has 0 heterocycles. The Hall–Kier alpha value is -2.25. The molecule has 0 aliphatic rings. The van der Waals surface area contributed by atoms with Gasteiger partial charge in [-0.2, -0.15) is 0 Å². The number of carbonyl (C=O) groups is 1. The summed E-state index contributed by atoms with van der Waals surface area (Å²) in [4.78, 5) is 12.6. The molecule has 0 spiro atoms. The first-order valence-corrected chi connectivity index (χ1v) is 10.7. The zero-order chi connectivity index (χ0) is 20.9. The number of hydrogen-bond donors (Lipinski definition) is 1. The van der Waals surface area contributed by atoms with E-state index in [0.717, 1.165) is 16.3 Å². The second-order valence-corrected chi connectivity index (χ2v) is 8.79. The highest BCUT2D eigenvalue weighted by molar-refractivity contribution is 7.92. The van der Waals surface area contributed by atoms with E-state index in [1.54, 1.807) is 24.3 Å². The number of rotatable bonds is 8. The second kappa shape index (κ2) is 9.30. The molecule has 0 saturated heterocycles. The summed E-state index contributed by atoms with van der Waals surface area (Å²) in [6.45, 7) is 5.32. The Kier molecular flexibility index (Phi) is 7.32. The van der Waals surface area contributed by atoms with E-state index in [0.29, 0.717) is 5.75 Å². The van der Waals surface area contributed by atoms with Gasteiger partial charge in [-0.25, -0.2) is 8.42 Å². The van der Waals surface area contributed by atoms with Gasteiger partial charge in [-0.3, -0.25) is 9.10 Å². The molecule has 0 aliphatic carbocycles. The zero-order valence-electron chi connectivity index (χ0n) is 16.4. The molecule has 0 bridgehead atoms. The minimum atomic E-state index is -3.97. The topological polar surface area (TPSA) is 75.7 Å². The van der Waals surface area contributed by atoms with Crippen LogP contribution in [0.1, 0.15) is 25.8 Å². The molecule has 0 aliphatic heterocycles. The number of amides is 1. The second-order valence-electron chi connectivity index (χ2n) is 6.52. The maximum atomic E-state index is 13.3. The molecular formula is C20H25ClN2O4S. The van der Waals surface area contributed by atoms with E-state index in [4.69, 9.17) is 16.3 Å². The molecule has 8 heteroatoms. The smallest absolute Gasteiger partial charge is 0.264 e. The van der Waals surface area contributed by atoms with Gasteiger partial charge in [0.15, 0.2) is 0 Å². The molecule has 0 radical (unpaired) electrons. The Labute approximate surface area is 171 Å². The van der Waals surface area contributed by atoms with E-state index in [2.05, 4.69) is 5.32 Å². The van der Waals surface area contributed by atoms with Crippen LogP contribution in [0.5, 0.6) is 5.75 Å². The molecule has 1 atom stereocenters. The highest BCUT2D eigenvalue weighted by Crippen LogP contribution is 2.31. The van der Waals surface area contributed by atoms with E-state index in [9.17, 15) is 13.2 Å². The van der Waals surface area contributed by atoms with Crippen molar-refractivity contribution in [3.8, 4) is 5.75 Å². The van der Waals surface area contributed by atoms with E-state index in [-0.39, 0.29) is 28.2 Å². The number of nitrogens with zero attached hydrogens (tertiary/aromatic N) is 1. The summed E-state index contributed by atoms with van der Waals surface area (Å²) in [5.41, 5.74) is 1.22. The third-order valence-corrected chi connectivity index (χ3v) is 6.42. The Balaban J connectivity index is 2.47. The number of halogens is 1. The average molecular weight is 425 g/mol. The van der Waals surface area contributed by atoms with Gasteiger partial charge in [-0.1, -0.05) is 36.2 Å². The molecule has 152 valence electrons. The van der Waals surface area contributed by atoms with Gasteiger partial charge in [-0.05, 0) is 50.6 Å². The van der Waals surface area contributed by atoms with Gasteiger partial charge >= 0.3 is 0 Å². The number of ether oxygens (including phenoxy) is 1. The molecule has 2 rings (SSSR count). The van der Waals surface area contributed by atoms with E-state index >= 15 is 0 Å². The first-order chi connectivity index (χ1) is 13.2. The van der Waals surface area contributed by atoms with Crippen LogP contribution >= 0.6 is 11.6 Å². The lowest BCUT2D eigenvalue weighted by molar-refractivity contribution is -0.120. The van der Waals surface area contributed by atoms with Crippen LogP contribution in [0.2, 0.25) is 5.02 Å². The number of benzene rings is 2. The minimum Gasteiger partial charge on any atom is -0.495 e. The number of carbonyl (C=O) groups excluding carboxylic acids is 1. The van der Waals surface area contributed by atoms with Crippen LogP contribution in [0.15, 0.2) is 47.4 Å². The molecule has 0 saturated carbocycles. The van der Waals surface area contributed by atoms with Gasteiger partial charge in [0.05, 0.1) is 22.7 Å². The Bertz CT molecular complexity index is 930. The van der Waals surface area contributed by atoms with Crippen LogP contribution in [-0.2, 0) is 14.8 Å². The lowest BCUT2D eigenvalue weighted by Crippen LogP contribution is -2.43. The molecule has 0 unspecified atom stereocenters. The molecule has 6 nitrogen and oxygen atoms in total. The van der Waals surface area contributed by atoms with Crippen molar-refractivity contribution < 1.29 is 17.9 Å². The highest BCUT2D eigenvalue weighted by atomic mass is 35.5. The maximum Gasteiger partial charge on any atom is 0.264 e. The fraction of sp³-hybridized carbons (Fsp3) is 0.350. The van der Waals surface area contributed by atoms with Gasteiger partial charge < -0.3 is 10.1 Å². The summed E-state index contributed by atoms with van der Waals surface area (Å²) in [5, 5.41) is 3.05. The quantitative estimate of drug-likeness (QED) is 0.699. The van der Waals surface area contributed by atoms with Crippen molar-refractivity contribution in [1.29, 1.82) is 0 Å². The van der Waals surface area contributed by atoms with Gasteiger partial charge in [0.2, 0.25) is 5.91 Å². The van der Waals surface area contributed by atoms with Gasteiger partial charge in [0.1, 0.15) is 12.3 Å². The first kappa shape index (κ1) is 22.0. The van der Waals surface area contributed by atoms with Crippen LogP contribution in [-0.4, -0.2) is 34.0 Å². The van der Waals surface area contributed by atoms with E-state index in [1.165, 1.54) is 25.3 Å². The molecule has 0 fully saturated rings. The summed E-state index contributed by atoms with van der Waals surface area (Å²) >= 11 is 6.19. The number of hydrogen-bond acceptors (Lipinski definition) is 4. The van der Waals surface area contributed by atoms with Crippen LogP contribution < -0.4 is 14.4 Å². The lowest BCUT2D eigenvalue weighted by Gasteiger charge is -2.25. The van der Waals surface area contributed by atoms with Gasteiger partial charge in [0.25, 0.3) is 10.0 Å². The summed E-state index contributed by atoms with van der Waals surface area (Å²) in [5.74, 6) is 0.0270. The monoisotopic (exact) mass is 424 g/mol. The standard InChI is InChI=1S/C20H25ClN2O4S/c1-5-15(3)22-20(24)13-23(16-8-11-19(27-4)18(21)12-16)28(25,26)17-9-6-14(2)7-10-17/h6-12,15H,5,13H2,1-4H3,(H,22,24)/t15-/m1/s1. The molecular weight excluding hydrogens is 400 g/mol. The van der Waals surface area contributed by atoms with Crippen LogP contribution in [0.3, 0.4) is 0 Å². The summed E-state index contributed by atoms with van der Waals surface area (Å²) in [6, 6.07) is 11.0. The predicted molar refractivity (Wildman–Crippen MR) is 112 cm³/mol. The van der Waals surface area contributed by atoms with Crippen molar-refractivity contribution in [1.82, 2.24) is 5.32 Å². The first-order valence-electron chi connectivity index (χ1n) is 8.91. The number of anilines is 1. The Morgan fingerprint density at radius 3 is 2.39 bits per heavy atom. The molecule has 2 aromatic rings. The predicted octanol–water partition coefficient (Wildman–Crippen LogP) is 3.77. The number of nitrogens with one attached hydrogen (secondary N) is 1. The minimum absolute atomic E-state index is 0.0594. The molecule has 0 aromatic heterocycles. The normalized spacial score (nSPS) is 12.3. The van der Waals surface area contributed by atoms with Crippen molar-refractivity contribution >= 4 is 33.2 Å². The van der Waals surface area contributed by atoms with Crippen LogP contribution in [0.25, 0.3) is 0 Å². The number of aryl methyl sites for hydroxylation is 1. The zero-order valence-corrected chi connectivity index (χ0v) is 18.0. The molecule has 1 amide bonds. The van der Waals surface area contributed by atoms with Crippen LogP contribution in [0.4, 0.5) is 5.69 Å². The fourth-order valence-electron chi connectivity index (χ4n) is 2.52. The van der Waals surface area contributed by atoms with Crippen molar-refractivity contribution in [2.75, 3.05) is 18.0 Å². The van der Waals surface area contributed by atoms with Gasteiger partial charge in [0, 0.05) is 6.04 Å². The third-order valence-electron chi connectivity index (χ3n) is 4.34. The van der Waals surface area contributed by atoms with E-state index < -0.39 is 15.9 Å². The largest absolute Gasteiger partial charge is 0.495 e. The summed E-state index contributed by atoms with van der Waals surface area (Å²) in [7, 11) is -2.50. The molecule has 28 heavy (non-hydrogen) atoms. The molecule has 1 N–H and O–H groups in total. The molecule has 2 aromatic carbocycles. The highest BCUT2D eigenvalue weighted by Gasteiger charge is 2.28. The summed E-state index contributed by atoms with van der Waals surface area (Å²) < 4.78 is 32.7. The van der Waals surface area contributed by atoms with Crippen molar-refractivity contribution in [3.63, 3.8) is 0 Å². The third kappa shape index (κ3) is 5.17. The maximum absolute atomic E-state index is 13.3. The summed E-state index contributed by atoms with van der Waals surface area (Å²) in [6.07, 6.45) is 0.741. The van der Waals surface area contributed by atoms with Gasteiger partial charge in [-0.15, -0.1) is 0 Å². The number of sulfonamides is 1. The van der Waals surface area contributed by atoms with Crippen LogP contribution in [0, 0.1) is 6.92 Å². The van der Waals surface area contributed by atoms with E-state index in [1.807, 2.05) is 20.8 Å². The Morgan fingerprint density at radius 1 is 1.21 bits per heavy atom.